The number of benzene rings is 1. The van der Waals surface area contributed by atoms with Gasteiger partial charge in [0.1, 0.15) is 5.75 Å². The molecule has 0 amide bonds. The lowest BCUT2D eigenvalue weighted by Gasteiger charge is -2.26. The van der Waals surface area contributed by atoms with Crippen LogP contribution in [-0.2, 0) is 10.0 Å². The fourth-order valence-electron chi connectivity index (χ4n) is 1.93. The quantitative estimate of drug-likeness (QED) is 0.816. The molecule has 0 fully saturated rings. The molecule has 2 rings (SSSR count). The molecule has 0 radical (unpaired) electrons. The molecule has 1 atom stereocenters. The van der Waals surface area contributed by atoms with E-state index >= 15 is 0 Å². The summed E-state index contributed by atoms with van der Waals surface area (Å²) in [5.41, 5.74) is 1.08. The van der Waals surface area contributed by atoms with Crippen LogP contribution < -0.4 is 15.2 Å². The van der Waals surface area contributed by atoms with E-state index in [9.17, 15) is 8.42 Å². The molecule has 1 unspecified atom stereocenters. The summed E-state index contributed by atoms with van der Waals surface area (Å²) in [6.45, 7) is 1.00. The Morgan fingerprint density at radius 3 is 2.94 bits per heavy atom. The van der Waals surface area contributed by atoms with Crippen molar-refractivity contribution in [2.45, 2.75) is 12.5 Å². The minimum Gasteiger partial charge on any atom is -0.493 e. The van der Waals surface area contributed by atoms with Crippen molar-refractivity contribution in [2.24, 2.45) is 5.14 Å². The number of hydrogen-bond acceptors (Lipinski definition) is 4. The van der Waals surface area contributed by atoms with Gasteiger partial charge in [-0.15, -0.1) is 0 Å². The molecule has 0 aliphatic carbocycles. The van der Waals surface area contributed by atoms with Crippen molar-refractivity contribution in [2.75, 3.05) is 18.9 Å². The number of nitrogens with one attached hydrogen (secondary N) is 1. The SMILES string of the molecule is NS(=O)(=O)CCNC1CCOc2ccccc21. The Hall–Kier alpha value is -1.11. The molecular weight excluding hydrogens is 240 g/mol. The third kappa shape index (κ3) is 3.42. The van der Waals surface area contributed by atoms with Gasteiger partial charge in [0.15, 0.2) is 0 Å². The summed E-state index contributed by atoms with van der Waals surface area (Å²) in [4.78, 5) is 0. The van der Waals surface area contributed by atoms with Crippen LogP contribution in [0.5, 0.6) is 5.75 Å². The second-order valence-electron chi connectivity index (χ2n) is 4.05. The second kappa shape index (κ2) is 5.03. The van der Waals surface area contributed by atoms with E-state index in [-0.39, 0.29) is 11.8 Å². The van der Waals surface area contributed by atoms with Gasteiger partial charge in [-0.1, -0.05) is 18.2 Å². The van der Waals surface area contributed by atoms with E-state index in [1.807, 2.05) is 24.3 Å². The highest BCUT2D eigenvalue weighted by Crippen LogP contribution is 2.31. The molecule has 0 spiro atoms. The van der Waals surface area contributed by atoms with Crippen LogP contribution in [0.15, 0.2) is 24.3 Å². The van der Waals surface area contributed by atoms with E-state index in [0.29, 0.717) is 13.2 Å². The van der Waals surface area contributed by atoms with E-state index in [0.717, 1.165) is 17.7 Å². The summed E-state index contributed by atoms with van der Waals surface area (Å²) in [5, 5.41) is 8.15. The van der Waals surface area contributed by atoms with Crippen LogP contribution in [0.4, 0.5) is 0 Å². The van der Waals surface area contributed by atoms with Gasteiger partial charge in [-0.25, -0.2) is 13.6 Å². The zero-order chi connectivity index (χ0) is 12.3. The Labute approximate surface area is 101 Å². The molecule has 0 saturated heterocycles. The number of nitrogens with two attached hydrogens (primary N) is 1. The largest absolute Gasteiger partial charge is 0.493 e. The Balaban J connectivity index is 1.99. The average Bonchev–Trinajstić information content (AvgIpc) is 2.28. The van der Waals surface area contributed by atoms with Gasteiger partial charge in [-0.05, 0) is 6.07 Å². The van der Waals surface area contributed by atoms with Crippen molar-refractivity contribution in [3.63, 3.8) is 0 Å². The minimum absolute atomic E-state index is 0.0491. The Morgan fingerprint density at radius 1 is 1.41 bits per heavy atom. The molecule has 94 valence electrons. The molecule has 17 heavy (non-hydrogen) atoms. The average molecular weight is 256 g/mol. The maximum Gasteiger partial charge on any atom is 0.210 e. The normalized spacial score (nSPS) is 19.5. The lowest BCUT2D eigenvalue weighted by Crippen LogP contribution is -2.32. The molecule has 1 aromatic rings. The maximum atomic E-state index is 10.8. The third-order valence-electron chi connectivity index (χ3n) is 2.74. The zero-order valence-electron chi connectivity index (χ0n) is 9.43. The van der Waals surface area contributed by atoms with E-state index in [4.69, 9.17) is 9.88 Å². The van der Waals surface area contributed by atoms with E-state index in [1.165, 1.54) is 0 Å². The number of fused-ring (bicyclic) bond motifs is 1. The van der Waals surface area contributed by atoms with E-state index < -0.39 is 10.0 Å². The monoisotopic (exact) mass is 256 g/mol. The van der Waals surface area contributed by atoms with Crippen molar-refractivity contribution in [1.29, 1.82) is 0 Å². The standard InChI is InChI=1S/C11H16N2O3S/c12-17(14,15)8-6-13-10-5-7-16-11-4-2-1-3-9(10)11/h1-4,10,13H,5-8H2,(H2,12,14,15). The highest BCUT2D eigenvalue weighted by molar-refractivity contribution is 7.89. The molecule has 1 heterocycles. The predicted molar refractivity (Wildman–Crippen MR) is 65.3 cm³/mol. The first kappa shape index (κ1) is 12.3. The van der Waals surface area contributed by atoms with Crippen molar-refractivity contribution >= 4 is 10.0 Å². The minimum atomic E-state index is -3.40. The van der Waals surface area contributed by atoms with Crippen LogP contribution in [0.3, 0.4) is 0 Å². The Kier molecular flexibility index (Phi) is 3.66. The molecule has 0 bridgehead atoms. The molecule has 1 aliphatic heterocycles. The maximum absolute atomic E-state index is 10.8. The van der Waals surface area contributed by atoms with Crippen molar-refractivity contribution in [1.82, 2.24) is 5.32 Å². The first-order valence-corrected chi connectivity index (χ1v) is 7.23. The second-order valence-corrected chi connectivity index (χ2v) is 5.78. The number of primary sulfonamides is 1. The van der Waals surface area contributed by atoms with E-state index in [2.05, 4.69) is 5.32 Å². The van der Waals surface area contributed by atoms with Gasteiger partial charge in [-0.2, -0.15) is 0 Å². The van der Waals surface area contributed by atoms with E-state index in [1.54, 1.807) is 0 Å². The summed E-state index contributed by atoms with van der Waals surface area (Å²) in [6.07, 6.45) is 0.835. The summed E-state index contributed by atoms with van der Waals surface area (Å²) in [7, 11) is -3.40. The molecule has 0 saturated carbocycles. The smallest absolute Gasteiger partial charge is 0.210 e. The van der Waals surface area contributed by atoms with Crippen molar-refractivity contribution in [3.8, 4) is 5.75 Å². The molecule has 3 N–H and O–H groups in total. The van der Waals surface area contributed by atoms with Crippen molar-refractivity contribution in [3.05, 3.63) is 29.8 Å². The highest BCUT2D eigenvalue weighted by Gasteiger charge is 2.20. The summed E-state index contributed by atoms with van der Waals surface area (Å²) in [5.74, 6) is 0.818. The number of para-hydroxylation sites is 1. The number of ether oxygens (including phenoxy) is 1. The lowest BCUT2D eigenvalue weighted by molar-refractivity contribution is 0.254. The number of sulfonamides is 1. The highest BCUT2D eigenvalue weighted by atomic mass is 32.2. The molecule has 1 aliphatic rings. The number of rotatable bonds is 4. The topological polar surface area (TPSA) is 81.4 Å². The predicted octanol–water partition coefficient (Wildman–Crippen LogP) is 0.388. The third-order valence-corrected chi connectivity index (χ3v) is 3.51. The lowest BCUT2D eigenvalue weighted by atomic mass is 10.0. The summed E-state index contributed by atoms with van der Waals surface area (Å²) in [6, 6.07) is 7.92. The van der Waals surface area contributed by atoms with Crippen LogP contribution in [0.1, 0.15) is 18.0 Å². The summed E-state index contributed by atoms with van der Waals surface area (Å²) >= 11 is 0. The molecule has 1 aromatic carbocycles. The van der Waals surface area contributed by atoms with Gasteiger partial charge >= 0.3 is 0 Å². The van der Waals surface area contributed by atoms with Crippen LogP contribution in [-0.4, -0.2) is 27.3 Å². The van der Waals surface area contributed by atoms with Gasteiger partial charge in [0, 0.05) is 24.6 Å². The molecular formula is C11H16N2O3S. The van der Waals surface area contributed by atoms with Crippen LogP contribution in [0.2, 0.25) is 0 Å². The fourth-order valence-corrected chi connectivity index (χ4v) is 2.33. The Morgan fingerprint density at radius 2 is 2.18 bits per heavy atom. The van der Waals surface area contributed by atoms with Gasteiger partial charge in [0.05, 0.1) is 12.4 Å². The Bertz CT molecular complexity index is 487. The summed E-state index contributed by atoms with van der Waals surface area (Å²) < 4.78 is 27.2. The molecule has 6 heteroatoms. The van der Waals surface area contributed by atoms with Gasteiger partial charge in [-0.3, -0.25) is 0 Å². The molecule has 0 aromatic heterocycles. The van der Waals surface area contributed by atoms with Crippen LogP contribution >= 0.6 is 0 Å². The number of hydrogen-bond donors (Lipinski definition) is 2. The van der Waals surface area contributed by atoms with Gasteiger partial charge < -0.3 is 10.1 Å². The van der Waals surface area contributed by atoms with Crippen LogP contribution in [0.25, 0.3) is 0 Å². The van der Waals surface area contributed by atoms with Gasteiger partial charge in [0.25, 0.3) is 0 Å². The van der Waals surface area contributed by atoms with Crippen LogP contribution in [0, 0.1) is 0 Å². The molecule has 5 nitrogen and oxygen atoms in total. The first-order chi connectivity index (χ1) is 8.06. The fraction of sp³-hybridized carbons (Fsp3) is 0.455. The zero-order valence-corrected chi connectivity index (χ0v) is 10.2. The van der Waals surface area contributed by atoms with Gasteiger partial charge in [0.2, 0.25) is 10.0 Å². The first-order valence-electron chi connectivity index (χ1n) is 5.52. The van der Waals surface area contributed by atoms with Crippen molar-refractivity contribution < 1.29 is 13.2 Å².